The predicted molar refractivity (Wildman–Crippen MR) is 127 cm³/mol. The molecule has 2 aromatic carbocycles. The summed E-state index contributed by atoms with van der Waals surface area (Å²) in [5, 5.41) is 5.96. The van der Waals surface area contributed by atoms with Crippen LogP contribution in [0.5, 0.6) is 5.75 Å². The Hall–Kier alpha value is -3.65. The molecule has 2 aliphatic heterocycles. The minimum atomic E-state index is -0.282. The smallest absolute Gasteiger partial charge is 0.251 e. The molecule has 34 heavy (non-hydrogen) atoms. The summed E-state index contributed by atoms with van der Waals surface area (Å²) in [7, 11) is 0. The van der Waals surface area contributed by atoms with Crippen LogP contribution < -0.4 is 10.2 Å². The number of hydrogen-bond acceptors (Lipinski definition) is 7. The van der Waals surface area contributed by atoms with Gasteiger partial charge in [0.1, 0.15) is 18.3 Å². The third-order valence-electron chi connectivity index (χ3n) is 6.21. The number of carbonyl (C=O) groups excluding carboxylic acids is 1. The van der Waals surface area contributed by atoms with Crippen LogP contribution in [0.4, 0.5) is 0 Å². The number of nitrogens with one attached hydrogen (secondary N) is 1. The molecule has 0 spiro atoms. The van der Waals surface area contributed by atoms with E-state index in [2.05, 4.69) is 34.6 Å². The molecule has 176 valence electrons. The van der Waals surface area contributed by atoms with Crippen LogP contribution in [0, 0.1) is 6.92 Å². The topological polar surface area (TPSA) is 83.7 Å². The fourth-order valence-electron chi connectivity index (χ4n) is 4.20. The Bertz CT molecular complexity index is 1160. The molecule has 1 fully saturated rings. The van der Waals surface area contributed by atoms with Gasteiger partial charge in [-0.3, -0.25) is 4.79 Å². The van der Waals surface area contributed by atoms with Gasteiger partial charge in [-0.1, -0.05) is 60.5 Å². The zero-order valence-corrected chi connectivity index (χ0v) is 19.5. The molecule has 0 aliphatic carbocycles. The normalized spacial score (nSPS) is 19.5. The molecule has 3 aromatic rings. The summed E-state index contributed by atoms with van der Waals surface area (Å²) in [6.45, 7) is 5.15. The van der Waals surface area contributed by atoms with Crippen molar-refractivity contribution in [3.05, 3.63) is 77.9 Å². The summed E-state index contributed by atoms with van der Waals surface area (Å²) >= 11 is 0. The van der Waals surface area contributed by atoms with E-state index in [9.17, 15) is 4.79 Å². The van der Waals surface area contributed by atoms with Crippen molar-refractivity contribution in [1.82, 2.24) is 25.5 Å². The first-order chi connectivity index (χ1) is 16.6. The van der Waals surface area contributed by atoms with E-state index in [1.54, 1.807) is 11.1 Å². The molecule has 2 atom stereocenters. The van der Waals surface area contributed by atoms with Gasteiger partial charge in [-0.25, -0.2) is 5.43 Å². The van der Waals surface area contributed by atoms with E-state index in [0.717, 1.165) is 36.3 Å². The van der Waals surface area contributed by atoms with Crippen molar-refractivity contribution in [3.8, 4) is 17.1 Å². The van der Waals surface area contributed by atoms with Gasteiger partial charge in [0.25, 0.3) is 5.91 Å². The second-order valence-electron chi connectivity index (χ2n) is 8.75. The van der Waals surface area contributed by atoms with E-state index >= 15 is 0 Å². The van der Waals surface area contributed by atoms with Crippen LogP contribution in [0.2, 0.25) is 0 Å². The largest absolute Gasteiger partial charge is 0.494 e. The minimum absolute atomic E-state index is 0.00658. The second kappa shape index (κ2) is 9.69. The number of benzene rings is 2. The van der Waals surface area contributed by atoms with Gasteiger partial charge in [-0.05, 0) is 37.5 Å². The highest BCUT2D eigenvalue weighted by Gasteiger charge is 2.40. The number of fused-ring (bicyclic) bond motifs is 1. The van der Waals surface area contributed by atoms with Crippen LogP contribution in [0.3, 0.4) is 0 Å². The van der Waals surface area contributed by atoms with Crippen molar-refractivity contribution >= 4 is 5.91 Å². The molecule has 1 saturated heterocycles. The Balaban J connectivity index is 1.21. The highest BCUT2D eigenvalue weighted by molar-refractivity contribution is 5.84. The molecule has 2 aliphatic rings. The fraction of sp³-hybridized carbons (Fsp3) is 0.346. The van der Waals surface area contributed by atoms with E-state index in [-0.39, 0.29) is 24.5 Å². The Kier molecular flexibility index (Phi) is 6.31. The van der Waals surface area contributed by atoms with Gasteiger partial charge >= 0.3 is 0 Å². The number of carbonyl (C=O) groups is 1. The third kappa shape index (κ3) is 4.68. The highest BCUT2D eigenvalue weighted by atomic mass is 16.5. The Labute approximate surface area is 199 Å². The van der Waals surface area contributed by atoms with Crippen LogP contribution in [0.25, 0.3) is 11.4 Å². The maximum absolute atomic E-state index is 13.2. The second-order valence-corrected chi connectivity index (χ2v) is 8.75. The molecule has 8 nitrogen and oxygen atoms in total. The Morgan fingerprint density at radius 1 is 1.12 bits per heavy atom. The molecule has 5 rings (SSSR count). The monoisotopic (exact) mass is 459 g/mol. The van der Waals surface area contributed by atoms with Gasteiger partial charge < -0.3 is 19.2 Å². The fourth-order valence-corrected chi connectivity index (χ4v) is 4.20. The van der Waals surface area contributed by atoms with Crippen LogP contribution in [-0.4, -0.2) is 38.6 Å². The molecule has 0 bridgehead atoms. The van der Waals surface area contributed by atoms with Gasteiger partial charge in [0.05, 0.1) is 12.6 Å². The van der Waals surface area contributed by atoms with E-state index in [1.165, 1.54) is 5.56 Å². The summed E-state index contributed by atoms with van der Waals surface area (Å²) in [5.74, 6) is 1.81. The molecule has 3 heterocycles. The number of rotatable bonds is 8. The van der Waals surface area contributed by atoms with Gasteiger partial charge in [0.2, 0.25) is 11.7 Å². The molecule has 8 heteroatoms. The van der Waals surface area contributed by atoms with Crippen LogP contribution >= 0.6 is 0 Å². The van der Waals surface area contributed by atoms with Crippen molar-refractivity contribution in [2.45, 2.75) is 51.7 Å². The van der Waals surface area contributed by atoms with Gasteiger partial charge in [-0.15, -0.1) is 0 Å². The number of hydrogen-bond donors (Lipinski definition) is 1. The molecule has 1 aromatic heterocycles. The number of nitrogens with zero attached hydrogens (tertiary/aromatic N) is 4. The third-order valence-corrected chi connectivity index (χ3v) is 6.21. The molecule has 1 N–H and O–H groups in total. The van der Waals surface area contributed by atoms with Gasteiger partial charge in [0.15, 0.2) is 0 Å². The zero-order valence-electron chi connectivity index (χ0n) is 19.5. The Morgan fingerprint density at radius 2 is 1.91 bits per heavy atom. The lowest BCUT2D eigenvalue weighted by atomic mass is 10.0. The molecule has 0 saturated carbocycles. The van der Waals surface area contributed by atoms with Crippen molar-refractivity contribution in [3.63, 3.8) is 0 Å². The lowest BCUT2D eigenvalue weighted by molar-refractivity contribution is -0.135. The summed E-state index contributed by atoms with van der Waals surface area (Å²) in [6.07, 6.45) is 6.49. The number of unbranched alkanes of at least 4 members (excludes halogenated alkanes) is 1. The van der Waals surface area contributed by atoms with Crippen molar-refractivity contribution in [2.24, 2.45) is 0 Å². The summed E-state index contributed by atoms with van der Waals surface area (Å²) in [4.78, 5) is 19.3. The maximum Gasteiger partial charge on any atom is 0.251 e. The molecular weight excluding hydrogens is 430 g/mol. The summed E-state index contributed by atoms with van der Waals surface area (Å²) in [6, 6.07) is 15.8. The highest BCUT2D eigenvalue weighted by Crippen LogP contribution is 2.32. The lowest BCUT2D eigenvalue weighted by Crippen LogP contribution is -2.47. The van der Waals surface area contributed by atoms with Crippen LogP contribution in [0.1, 0.15) is 49.2 Å². The summed E-state index contributed by atoms with van der Waals surface area (Å²) < 4.78 is 11.2. The van der Waals surface area contributed by atoms with E-state index < -0.39 is 0 Å². The van der Waals surface area contributed by atoms with Gasteiger partial charge in [0, 0.05) is 18.0 Å². The van der Waals surface area contributed by atoms with Crippen LogP contribution in [0.15, 0.2) is 65.5 Å². The van der Waals surface area contributed by atoms with Crippen molar-refractivity contribution in [1.29, 1.82) is 0 Å². The number of amides is 1. The molecule has 2 unspecified atom stereocenters. The molecule has 0 radical (unpaired) electrons. The SMILES string of the molecule is CCCCOc1ccc(C2CC3C(=O)N(Cc4nc(-c5ccc(C)cc5)no4)C=CN3N2)cc1. The molecule has 1 amide bonds. The maximum atomic E-state index is 13.2. The Morgan fingerprint density at radius 3 is 2.68 bits per heavy atom. The van der Waals surface area contributed by atoms with E-state index in [1.807, 2.05) is 54.5 Å². The van der Waals surface area contributed by atoms with E-state index in [0.29, 0.717) is 18.1 Å². The first kappa shape index (κ1) is 22.2. The standard InChI is InChI=1S/C26H29N5O3/c1-3-4-15-33-21-11-9-19(10-12-21)22-16-23-26(32)30(13-14-31(23)28-22)17-24-27-25(29-34-24)20-7-5-18(2)6-8-20/h5-14,22-23,28H,3-4,15-17H2,1-2H3. The van der Waals surface area contributed by atoms with Crippen LogP contribution in [-0.2, 0) is 11.3 Å². The first-order valence-corrected chi connectivity index (χ1v) is 11.8. The van der Waals surface area contributed by atoms with Crippen molar-refractivity contribution in [2.75, 3.05) is 6.61 Å². The quantitative estimate of drug-likeness (QED) is 0.501. The molecular formula is C26H29N5O3. The first-order valence-electron chi connectivity index (χ1n) is 11.8. The average Bonchev–Trinajstić information content (AvgIpc) is 3.50. The number of aryl methyl sites for hydroxylation is 1. The summed E-state index contributed by atoms with van der Waals surface area (Å²) in [5.41, 5.74) is 6.62. The number of ether oxygens (including phenoxy) is 1. The lowest BCUT2D eigenvalue weighted by Gasteiger charge is -2.30. The van der Waals surface area contributed by atoms with Crippen molar-refractivity contribution < 1.29 is 14.1 Å². The average molecular weight is 460 g/mol. The predicted octanol–water partition coefficient (Wildman–Crippen LogP) is 4.36. The number of aromatic nitrogens is 2. The minimum Gasteiger partial charge on any atom is -0.494 e. The van der Waals surface area contributed by atoms with Gasteiger partial charge in [-0.2, -0.15) is 4.98 Å². The zero-order chi connectivity index (χ0) is 23.5. The van der Waals surface area contributed by atoms with E-state index in [4.69, 9.17) is 9.26 Å². The number of hydrazine groups is 1.